The van der Waals surface area contributed by atoms with Crippen LogP contribution in [0.3, 0.4) is 0 Å². The Morgan fingerprint density at radius 3 is 2.52 bits per heavy atom. The maximum Gasteiger partial charge on any atom is 0.316 e. The van der Waals surface area contributed by atoms with E-state index in [1.54, 1.807) is 22.9 Å². The zero-order valence-corrected chi connectivity index (χ0v) is 12.3. The van der Waals surface area contributed by atoms with Gasteiger partial charge in [0, 0.05) is 24.6 Å². The Bertz CT molecular complexity index is 639. The van der Waals surface area contributed by atoms with Crippen molar-refractivity contribution >= 4 is 17.7 Å². The summed E-state index contributed by atoms with van der Waals surface area (Å²) in [7, 11) is 0. The lowest BCUT2D eigenvalue weighted by Gasteiger charge is -2.12. The number of nitrogens with zero attached hydrogens (tertiary/aromatic N) is 1. The lowest BCUT2D eigenvalue weighted by atomic mass is 10.1. The van der Waals surface area contributed by atoms with E-state index < -0.39 is 11.2 Å². The van der Waals surface area contributed by atoms with Crippen molar-refractivity contribution in [2.45, 2.75) is 18.2 Å². The molecule has 4 nitrogen and oxygen atoms in total. The van der Waals surface area contributed by atoms with Crippen LogP contribution in [0.1, 0.15) is 5.56 Å². The summed E-state index contributed by atoms with van der Waals surface area (Å²) in [6, 6.07) is 14.6. The second kappa shape index (κ2) is 7.69. The summed E-state index contributed by atoms with van der Waals surface area (Å²) in [5.74, 6) is -0.225. The molecule has 0 radical (unpaired) electrons. The number of aryl methyl sites for hydroxylation is 1. The average molecular weight is 303 g/mol. The monoisotopic (exact) mass is 303 g/mol. The molecule has 1 N–H and O–H groups in total. The predicted molar refractivity (Wildman–Crippen MR) is 84.7 cm³/mol. The summed E-state index contributed by atoms with van der Waals surface area (Å²) in [6.45, 7) is 0.517. The number of hydrogen-bond acceptors (Lipinski definition) is 3. The highest BCUT2D eigenvalue weighted by Gasteiger charge is 2.18. The summed E-state index contributed by atoms with van der Waals surface area (Å²) in [5, 5.41) is 8.80. The van der Waals surface area contributed by atoms with Crippen molar-refractivity contribution in [1.82, 2.24) is 4.57 Å². The zero-order chi connectivity index (χ0) is 15.1. The highest BCUT2D eigenvalue weighted by Crippen LogP contribution is 2.17. The number of carbonyl (C=O) groups is 1. The van der Waals surface area contributed by atoms with Crippen molar-refractivity contribution in [3.8, 4) is 0 Å². The smallest absolute Gasteiger partial charge is 0.316 e. The highest BCUT2D eigenvalue weighted by atomic mass is 32.2. The van der Waals surface area contributed by atoms with Gasteiger partial charge in [-0.15, -0.1) is 11.8 Å². The second-order valence-corrected chi connectivity index (χ2v) is 5.93. The van der Waals surface area contributed by atoms with Crippen LogP contribution in [0.5, 0.6) is 0 Å². The van der Waals surface area contributed by atoms with Crippen LogP contribution in [0.25, 0.3) is 0 Å². The molecule has 0 saturated heterocycles. The van der Waals surface area contributed by atoms with E-state index >= 15 is 0 Å². The molecule has 0 fully saturated rings. The van der Waals surface area contributed by atoms with Gasteiger partial charge in [-0.1, -0.05) is 36.4 Å². The third-order valence-corrected chi connectivity index (χ3v) is 4.28. The first kappa shape index (κ1) is 15.4. The number of carboxylic acid groups (broad SMARTS) is 1. The molecule has 0 saturated carbocycles. The van der Waals surface area contributed by atoms with Crippen LogP contribution in [0.15, 0.2) is 59.5 Å². The van der Waals surface area contributed by atoms with Gasteiger partial charge in [0.15, 0.2) is 0 Å². The normalized spacial score (nSPS) is 12.0. The molecule has 1 aromatic carbocycles. The Labute approximate surface area is 127 Å². The quantitative estimate of drug-likeness (QED) is 0.852. The molecule has 110 valence electrons. The molecule has 1 aromatic heterocycles. The van der Waals surface area contributed by atoms with E-state index in [-0.39, 0.29) is 5.56 Å². The first-order valence-corrected chi connectivity index (χ1v) is 7.75. The van der Waals surface area contributed by atoms with Crippen molar-refractivity contribution < 1.29 is 9.90 Å². The molecular weight excluding hydrogens is 286 g/mol. The topological polar surface area (TPSA) is 59.3 Å². The number of rotatable bonds is 7. The van der Waals surface area contributed by atoms with Gasteiger partial charge < -0.3 is 9.67 Å². The zero-order valence-electron chi connectivity index (χ0n) is 11.5. The predicted octanol–water partition coefficient (Wildman–Crippen LogP) is 2.28. The van der Waals surface area contributed by atoms with E-state index in [1.165, 1.54) is 17.8 Å². The van der Waals surface area contributed by atoms with Crippen molar-refractivity contribution in [3.63, 3.8) is 0 Å². The summed E-state index contributed by atoms with van der Waals surface area (Å²) < 4.78 is 1.59. The molecule has 1 heterocycles. The molecule has 0 aliphatic rings. The van der Waals surface area contributed by atoms with E-state index in [9.17, 15) is 14.7 Å². The third kappa shape index (κ3) is 4.79. The van der Waals surface area contributed by atoms with E-state index in [2.05, 4.69) is 0 Å². The van der Waals surface area contributed by atoms with Crippen LogP contribution in [0.4, 0.5) is 0 Å². The fraction of sp³-hybridized carbons (Fsp3) is 0.250. The Kier molecular flexibility index (Phi) is 5.63. The molecule has 2 aromatic rings. The lowest BCUT2D eigenvalue weighted by Crippen LogP contribution is -2.23. The number of pyridine rings is 1. The number of aliphatic carboxylic acids is 1. The maximum absolute atomic E-state index is 11.6. The first-order valence-electron chi connectivity index (χ1n) is 6.70. The maximum atomic E-state index is 11.6. The number of hydrogen-bond donors (Lipinski definition) is 1. The minimum atomic E-state index is -0.815. The molecular formula is C16H17NO3S. The summed E-state index contributed by atoms with van der Waals surface area (Å²) >= 11 is 1.37. The molecule has 0 amide bonds. The van der Waals surface area contributed by atoms with Crippen molar-refractivity contribution in [2.75, 3.05) is 5.75 Å². The fourth-order valence-electron chi connectivity index (χ4n) is 1.98. The van der Waals surface area contributed by atoms with Gasteiger partial charge in [0.25, 0.3) is 5.56 Å². The highest BCUT2D eigenvalue weighted by molar-refractivity contribution is 8.00. The summed E-state index contributed by atoms with van der Waals surface area (Å²) in [6.07, 6.45) is 2.21. The van der Waals surface area contributed by atoms with E-state index in [4.69, 9.17) is 0 Å². The van der Waals surface area contributed by atoms with Crippen LogP contribution in [-0.4, -0.2) is 26.6 Å². The molecule has 21 heavy (non-hydrogen) atoms. The summed E-state index contributed by atoms with van der Waals surface area (Å²) in [4.78, 5) is 22.9. The Hall–Kier alpha value is -2.01. The average Bonchev–Trinajstić information content (AvgIpc) is 2.49. The van der Waals surface area contributed by atoms with E-state index in [1.807, 2.05) is 30.3 Å². The number of benzene rings is 1. The first-order chi connectivity index (χ1) is 10.2. The minimum absolute atomic E-state index is 0.0620. The van der Waals surface area contributed by atoms with Gasteiger partial charge in [-0.05, 0) is 18.1 Å². The van der Waals surface area contributed by atoms with Crippen LogP contribution < -0.4 is 5.56 Å². The van der Waals surface area contributed by atoms with Gasteiger partial charge in [-0.3, -0.25) is 9.59 Å². The van der Waals surface area contributed by atoms with Gasteiger partial charge in [-0.2, -0.15) is 0 Å². The lowest BCUT2D eigenvalue weighted by molar-refractivity contribution is -0.136. The van der Waals surface area contributed by atoms with Crippen LogP contribution >= 0.6 is 11.8 Å². The van der Waals surface area contributed by atoms with Crippen LogP contribution in [0, 0.1) is 0 Å². The molecule has 1 atom stereocenters. The van der Waals surface area contributed by atoms with Gasteiger partial charge in [-0.25, -0.2) is 0 Å². The van der Waals surface area contributed by atoms with E-state index in [0.29, 0.717) is 18.7 Å². The number of carboxylic acids is 1. The van der Waals surface area contributed by atoms with Gasteiger partial charge in [0.1, 0.15) is 5.25 Å². The third-order valence-electron chi connectivity index (χ3n) is 3.09. The van der Waals surface area contributed by atoms with Crippen LogP contribution in [-0.2, 0) is 17.8 Å². The second-order valence-electron chi connectivity index (χ2n) is 4.62. The van der Waals surface area contributed by atoms with Gasteiger partial charge in [0.2, 0.25) is 0 Å². The van der Waals surface area contributed by atoms with E-state index in [0.717, 1.165) is 5.56 Å². The number of aromatic nitrogens is 1. The molecule has 5 heteroatoms. The largest absolute Gasteiger partial charge is 0.480 e. The molecule has 0 aliphatic heterocycles. The molecule has 0 spiro atoms. The van der Waals surface area contributed by atoms with Crippen molar-refractivity contribution in [1.29, 1.82) is 0 Å². The molecule has 1 unspecified atom stereocenters. The Morgan fingerprint density at radius 1 is 1.14 bits per heavy atom. The van der Waals surface area contributed by atoms with Gasteiger partial charge >= 0.3 is 5.97 Å². The van der Waals surface area contributed by atoms with Crippen LogP contribution in [0.2, 0.25) is 0 Å². The summed E-state index contributed by atoms with van der Waals surface area (Å²) in [5.41, 5.74) is 0.947. The number of thioether (sulfide) groups is 1. The standard InChI is InChI=1S/C16H17NO3S/c18-15-8-4-5-9-17(15)10-11-21-14(16(19)20)12-13-6-2-1-3-7-13/h1-9,14H,10-12H2,(H,19,20). The molecule has 0 aliphatic carbocycles. The fourth-order valence-corrected chi connectivity index (χ4v) is 3.02. The molecule has 0 bridgehead atoms. The van der Waals surface area contributed by atoms with Crippen molar-refractivity contribution in [3.05, 3.63) is 70.6 Å². The minimum Gasteiger partial charge on any atom is -0.480 e. The van der Waals surface area contributed by atoms with Gasteiger partial charge in [0.05, 0.1) is 0 Å². The molecule has 2 rings (SSSR count). The Morgan fingerprint density at radius 2 is 1.86 bits per heavy atom. The Balaban J connectivity index is 1.91. The van der Waals surface area contributed by atoms with Crippen molar-refractivity contribution in [2.24, 2.45) is 0 Å². The SMILES string of the molecule is O=C(O)C(Cc1ccccc1)SCCn1ccccc1=O.